The maximum Gasteiger partial charge on any atom is 0.311 e. The highest BCUT2D eigenvalue weighted by molar-refractivity contribution is 7.99. The van der Waals surface area contributed by atoms with Crippen molar-refractivity contribution in [2.24, 2.45) is 0 Å². The van der Waals surface area contributed by atoms with E-state index in [1.165, 1.54) is 31.4 Å². The number of likely N-dealkylation sites (tertiary alicyclic amines) is 1. The average Bonchev–Trinajstić information content (AvgIpc) is 2.59. The number of hydrogen-bond donors (Lipinski definition) is 1. The van der Waals surface area contributed by atoms with Crippen LogP contribution in [-0.4, -0.2) is 52.2 Å². The average molecular weight is 353 g/mol. The van der Waals surface area contributed by atoms with Gasteiger partial charge in [0.25, 0.3) is 5.56 Å². The highest BCUT2D eigenvalue weighted by atomic mass is 32.2. The van der Waals surface area contributed by atoms with E-state index in [1.54, 1.807) is 0 Å². The molecular formula is C16H23N3O4S. The van der Waals surface area contributed by atoms with Crippen LogP contribution < -0.4 is 5.56 Å². The number of nitrogens with one attached hydrogen (secondary N) is 1. The fraction of sp³-hybridized carbons (Fsp3) is 0.625. The molecule has 2 heterocycles. The SMILES string of the molecule is CC[C@@H]1CCCCN1C(=O)CSc1nc(CC(=O)OC)cc(=O)[nH]1. The van der Waals surface area contributed by atoms with Gasteiger partial charge >= 0.3 is 5.97 Å². The van der Waals surface area contributed by atoms with Crippen LogP contribution in [0.4, 0.5) is 0 Å². The molecule has 1 aliphatic rings. The van der Waals surface area contributed by atoms with Crippen LogP contribution >= 0.6 is 11.8 Å². The number of amides is 1. The van der Waals surface area contributed by atoms with E-state index in [0.717, 1.165) is 25.8 Å². The van der Waals surface area contributed by atoms with Crippen molar-refractivity contribution in [3.8, 4) is 0 Å². The van der Waals surface area contributed by atoms with Gasteiger partial charge in [0, 0.05) is 18.7 Å². The fourth-order valence-electron chi connectivity index (χ4n) is 2.83. The summed E-state index contributed by atoms with van der Waals surface area (Å²) in [4.78, 5) is 44.2. The lowest BCUT2D eigenvalue weighted by atomic mass is 10.0. The van der Waals surface area contributed by atoms with Crippen molar-refractivity contribution in [3.05, 3.63) is 22.1 Å². The summed E-state index contributed by atoms with van der Waals surface area (Å²) in [5, 5.41) is 0.347. The maximum atomic E-state index is 12.4. The van der Waals surface area contributed by atoms with Gasteiger partial charge in [0.15, 0.2) is 5.16 Å². The number of carbonyl (C=O) groups is 2. The van der Waals surface area contributed by atoms with Gasteiger partial charge < -0.3 is 14.6 Å². The molecule has 24 heavy (non-hydrogen) atoms. The molecule has 0 bridgehead atoms. The molecule has 1 saturated heterocycles. The van der Waals surface area contributed by atoms with Crippen molar-refractivity contribution in [3.63, 3.8) is 0 Å². The van der Waals surface area contributed by atoms with E-state index < -0.39 is 5.97 Å². The molecule has 1 atom stereocenters. The van der Waals surface area contributed by atoms with Gasteiger partial charge in [-0.3, -0.25) is 14.4 Å². The van der Waals surface area contributed by atoms with Crippen LogP contribution in [0.15, 0.2) is 16.0 Å². The van der Waals surface area contributed by atoms with Crippen molar-refractivity contribution in [1.82, 2.24) is 14.9 Å². The molecule has 0 radical (unpaired) electrons. The summed E-state index contributed by atoms with van der Waals surface area (Å²) in [5.41, 5.74) is -0.00628. The Labute approximate surface area is 145 Å². The first-order chi connectivity index (χ1) is 11.5. The lowest BCUT2D eigenvalue weighted by Gasteiger charge is -2.35. The Morgan fingerprint density at radius 3 is 2.96 bits per heavy atom. The first kappa shape index (κ1) is 18.5. The van der Waals surface area contributed by atoms with Crippen LogP contribution in [0.2, 0.25) is 0 Å². The van der Waals surface area contributed by atoms with Crippen LogP contribution in [0.5, 0.6) is 0 Å². The number of esters is 1. The quantitative estimate of drug-likeness (QED) is 0.472. The van der Waals surface area contributed by atoms with Crippen LogP contribution in [-0.2, 0) is 20.7 Å². The minimum Gasteiger partial charge on any atom is -0.469 e. The Morgan fingerprint density at radius 1 is 1.46 bits per heavy atom. The number of nitrogens with zero attached hydrogens (tertiary/aromatic N) is 2. The number of rotatable bonds is 6. The highest BCUT2D eigenvalue weighted by Crippen LogP contribution is 2.21. The van der Waals surface area contributed by atoms with Crippen molar-refractivity contribution < 1.29 is 14.3 Å². The Kier molecular flexibility index (Phi) is 6.84. The Balaban J connectivity index is 1.99. The molecule has 1 aromatic heterocycles. The number of H-pyrrole nitrogens is 1. The number of carbonyl (C=O) groups excluding carboxylic acids is 2. The minimum atomic E-state index is -0.459. The Morgan fingerprint density at radius 2 is 2.25 bits per heavy atom. The molecule has 2 rings (SSSR count). The number of thioether (sulfide) groups is 1. The van der Waals surface area contributed by atoms with Gasteiger partial charge in [-0.1, -0.05) is 18.7 Å². The van der Waals surface area contributed by atoms with Gasteiger partial charge in [-0.15, -0.1) is 0 Å². The summed E-state index contributed by atoms with van der Waals surface area (Å²) in [6, 6.07) is 1.57. The van der Waals surface area contributed by atoms with Crippen LogP contribution in [0.1, 0.15) is 38.3 Å². The molecule has 0 aliphatic carbocycles. The molecular weight excluding hydrogens is 330 g/mol. The standard InChI is InChI=1S/C16H23N3O4S/c1-3-12-6-4-5-7-19(12)14(21)10-24-16-17-11(8-13(20)18-16)9-15(22)23-2/h8,12H,3-7,9-10H2,1-2H3,(H,17,18,20)/t12-/m1/s1. The lowest BCUT2D eigenvalue weighted by molar-refractivity contribution is -0.139. The smallest absolute Gasteiger partial charge is 0.311 e. The Hall–Kier alpha value is -1.83. The fourth-order valence-corrected chi connectivity index (χ4v) is 3.61. The van der Waals surface area contributed by atoms with Gasteiger partial charge in [-0.05, 0) is 25.7 Å². The summed E-state index contributed by atoms with van der Waals surface area (Å²) in [6.45, 7) is 2.89. The van der Waals surface area contributed by atoms with Gasteiger partial charge in [0.05, 0.1) is 25.0 Å². The molecule has 0 unspecified atom stereocenters. The number of aromatic amines is 1. The van der Waals surface area contributed by atoms with E-state index in [-0.39, 0.29) is 23.6 Å². The summed E-state index contributed by atoms with van der Waals surface area (Å²) < 4.78 is 4.58. The number of hydrogen-bond acceptors (Lipinski definition) is 6. The molecule has 1 amide bonds. The summed E-state index contributed by atoms with van der Waals surface area (Å²) in [5.74, 6) is -0.173. The topological polar surface area (TPSA) is 92.4 Å². The maximum absolute atomic E-state index is 12.4. The normalized spacial score (nSPS) is 17.6. The molecule has 132 valence electrons. The number of methoxy groups -OCH3 is 1. The van der Waals surface area contributed by atoms with E-state index in [2.05, 4.69) is 21.6 Å². The lowest BCUT2D eigenvalue weighted by Crippen LogP contribution is -2.44. The first-order valence-electron chi connectivity index (χ1n) is 8.12. The second-order valence-corrected chi connectivity index (χ2v) is 6.69. The van der Waals surface area contributed by atoms with Crippen molar-refractivity contribution in [2.75, 3.05) is 19.4 Å². The van der Waals surface area contributed by atoms with E-state index in [1.807, 2.05) is 4.90 Å². The largest absolute Gasteiger partial charge is 0.469 e. The molecule has 1 aromatic rings. The first-order valence-corrected chi connectivity index (χ1v) is 9.11. The van der Waals surface area contributed by atoms with E-state index in [9.17, 15) is 14.4 Å². The van der Waals surface area contributed by atoms with Gasteiger partial charge in [-0.2, -0.15) is 0 Å². The van der Waals surface area contributed by atoms with Crippen molar-refractivity contribution >= 4 is 23.6 Å². The van der Waals surface area contributed by atoms with Gasteiger partial charge in [-0.25, -0.2) is 4.98 Å². The van der Waals surface area contributed by atoms with E-state index in [0.29, 0.717) is 16.9 Å². The zero-order valence-corrected chi connectivity index (χ0v) is 14.9. The third kappa shape index (κ3) is 5.09. The second kappa shape index (κ2) is 8.86. The van der Waals surface area contributed by atoms with Crippen LogP contribution in [0.25, 0.3) is 0 Å². The third-order valence-electron chi connectivity index (χ3n) is 4.08. The van der Waals surface area contributed by atoms with Crippen molar-refractivity contribution in [2.45, 2.75) is 50.2 Å². The zero-order valence-electron chi connectivity index (χ0n) is 14.0. The van der Waals surface area contributed by atoms with Crippen LogP contribution in [0.3, 0.4) is 0 Å². The molecule has 0 aromatic carbocycles. The molecule has 7 nitrogen and oxygen atoms in total. The second-order valence-electron chi connectivity index (χ2n) is 5.73. The summed E-state index contributed by atoms with van der Waals surface area (Å²) in [7, 11) is 1.28. The monoisotopic (exact) mass is 353 g/mol. The van der Waals surface area contributed by atoms with Gasteiger partial charge in [0.2, 0.25) is 5.91 Å². The number of ether oxygens (including phenoxy) is 1. The van der Waals surface area contributed by atoms with E-state index >= 15 is 0 Å². The highest BCUT2D eigenvalue weighted by Gasteiger charge is 2.25. The molecule has 1 fully saturated rings. The number of piperidine rings is 1. The third-order valence-corrected chi connectivity index (χ3v) is 4.94. The Bertz CT molecular complexity index is 646. The zero-order chi connectivity index (χ0) is 17.5. The molecule has 1 N–H and O–H groups in total. The number of aromatic nitrogens is 2. The molecule has 1 aliphatic heterocycles. The summed E-state index contributed by atoms with van der Waals surface area (Å²) in [6.07, 6.45) is 4.15. The summed E-state index contributed by atoms with van der Waals surface area (Å²) >= 11 is 1.19. The van der Waals surface area contributed by atoms with E-state index in [4.69, 9.17) is 0 Å². The molecule has 8 heteroatoms. The van der Waals surface area contributed by atoms with Crippen molar-refractivity contribution in [1.29, 1.82) is 0 Å². The molecule has 0 saturated carbocycles. The predicted molar refractivity (Wildman–Crippen MR) is 90.9 cm³/mol. The minimum absolute atomic E-state index is 0.0626. The predicted octanol–water partition coefficient (Wildman–Crippen LogP) is 1.37. The van der Waals surface area contributed by atoms with Crippen LogP contribution in [0, 0.1) is 0 Å². The van der Waals surface area contributed by atoms with Gasteiger partial charge in [0.1, 0.15) is 0 Å². The molecule has 0 spiro atoms.